The fourth-order valence-corrected chi connectivity index (χ4v) is 2.87. The second kappa shape index (κ2) is 6.49. The first-order chi connectivity index (χ1) is 11.2. The average Bonchev–Trinajstić information content (AvgIpc) is 2.62. The van der Waals surface area contributed by atoms with Gasteiger partial charge in [-0.1, -0.05) is 91.0 Å². The lowest BCUT2D eigenvalue weighted by Crippen LogP contribution is -2.34. The molecule has 0 atom stereocenters. The standard InChI is InChI=1S/C21H17O2/c1-17(22)23-21(18-11-5-2-6-12-18,19-13-7-3-8-14-19)20-15-9-4-10-16-20/h2-16H,1H2. The van der Waals surface area contributed by atoms with Crippen LogP contribution >= 0.6 is 0 Å². The Kier molecular flexibility index (Phi) is 4.24. The fourth-order valence-electron chi connectivity index (χ4n) is 2.87. The van der Waals surface area contributed by atoms with Gasteiger partial charge in [-0.05, 0) is 0 Å². The maximum Gasteiger partial charge on any atom is 0.307 e. The lowest BCUT2D eigenvalue weighted by atomic mass is 9.80. The third-order valence-corrected chi connectivity index (χ3v) is 3.81. The third kappa shape index (κ3) is 2.88. The molecular formula is C21H17O2. The molecule has 2 heteroatoms. The lowest BCUT2D eigenvalue weighted by molar-refractivity contribution is -0.147. The number of esters is 1. The average molecular weight is 301 g/mol. The van der Waals surface area contributed by atoms with Gasteiger partial charge in [0, 0.05) is 16.7 Å². The van der Waals surface area contributed by atoms with Crippen LogP contribution in [0.3, 0.4) is 0 Å². The second-order valence-electron chi connectivity index (χ2n) is 5.25. The fraction of sp³-hybridized carbons (Fsp3) is 0.0476. The number of carbonyl (C=O) groups is 1. The molecule has 0 aromatic heterocycles. The highest BCUT2D eigenvalue weighted by Crippen LogP contribution is 2.40. The van der Waals surface area contributed by atoms with Gasteiger partial charge in [0.1, 0.15) is 0 Å². The first kappa shape index (κ1) is 15.0. The van der Waals surface area contributed by atoms with Crippen LogP contribution in [0.5, 0.6) is 0 Å². The van der Waals surface area contributed by atoms with Crippen molar-refractivity contribution in [1.82, 2.24) is 0 Å². The molecule has 0 saturated carbocycles. The van der Waals surface area contributed by atoms with Gasteiger partial charge in [-0.2, -0.15) is 0 Å². The zero-order valence-corrected chi connectivity index (χ0v) is 12.7. The molecule has 3 aromatic rings. The topological polar surface area (TPSA) is 26.3 Å². The second-order valence-corrected chi connectivity index (χ2v) is 5.25. The van der Waals surface area contributed by atoms with Gasteiger partial charge >= 0.3 is 5.97 Å². The Balaban J connectivity index is 2.32. The number of ether oxygens (including phenoxy) is 1. The Labute approximate surface area is 136 Å². The molecule has 0 aliphatic carbocycles. The minimum atomic E-state index is -1.01. The molecular weight excluding hydrogens is 284 g/mol. The molecule has 0 heterocycles. The maximum absolute atomic E-state index is 11.8. The van der Waals surface area contributed by atoms with E-state index in [1.807, 2.05) is 91.0 Å². The molecule has 0 N–H and O–H groups in total. The summed E-state index contributed by atoms with van der Waals surface area (Å²) in [6.45, 7) is 3.44. The van der Waals surface area contributed by atoms with E-state index in [1.54, 1.807) is 0 Å². The molecule has 0 aliphatic heterocycles. The zero-order valence-electron chi connectivity index (χ0n) is 12.7. The van der Waals surface area contributed by atoms with Crippen molar-refractivity contribution in [1.29, 1.82) is 0 Å². The van der Waals surface area contributed by atoms with Crippen LogP contribution in [0.1, 0.15) is 16.7 Å². The van der Waals surface area contributed by atoms with Crippen molar-refractivity contribution in [2.75, 3.05) is 0 Å². The van der Waals surface area contributed by atoms with Gasteiger partial charge in [-0.3, -0.25) is 4.79 Å². The monoisotopic (exact) mass is 301 g/mol. The van der Waals surface area contributed by atoms with Crippen molar-refractivity contribution in [3.63, 3.8) is 0 Å². The number of rotatable bonds is 4. The van der Waals surface area contributed by atoms with E-state index in [2.05, 4.69) is 6.92 Å². The summed E-state index contributed by atoms with van der Waals surface area (Å²) < 4.78 is 5.85. The van der Waals surface area contributed by atoms with Crippen LogP contribution in [0.15, 0.2) is 91.0 Å². The van der Waals surface area contributed by atoms with Gasteiger partial charge in [0.05, 0.1) is 6.92 Å². The van der Waals surface area contributed by atoms with Crippen molar-refractivity contribution < 1.29 is 9.53 Å². The Morgan fingerprint density at radius 2 is 0.957 bits per heavy atom. The van der Waals surface area contributed by atoms with Crippen molar-refractivity contribution >= 4 is 5.97 Å². The van der Waals surface area contributed by atoms with E-state index in [0.29, 0.717) is 0 Å². The predicted molar refractivity (Wildman–Crippen MR) is 90.7 cm³/mol. The molecule has 3 aromatic carbocycles. The molecule has 23 heavy (non-hydrogen) atoms. The van der Waals surface area contributed by atoms with E-state index in [1.165, 1.54) is 0 Å². The Morgan fingerprint density at radius 1 is 0.652 bits per heavy atom. The molecule has 0 spiro atoms. The predicted octanol–water partition coefficient (Wildman–Crippen LogP) is 4.36. The summed E-state index contributed by atoms with van der Waals surface area (Å²) in [5.74, 6) is -0.568. The SMILES string of the molecule is [CH2]C(=O)OC(c1ccccc1)(c1ccccc1)c1ccccc1. The summed E-state index contributed by atoms with van der Waals surface area (Å²) in [6.07, 6.45) is 0. The molecule has 3 rings (SSSR count). The number of hydrogen-bond acceptors (Lipinski definition) is 2. The van der Waals surface area contributed by atoms with Gasteiger partial charge in [0.25, 0.3) is 0 Å². The Hall–Kier alpha value is -2.87. The van der Waals surface area contributed by atoms with Gasteiger partial charge in [-0.15, -0.1) is 0 Å². The van der Waals surface area contributed by atoms with Crippen molar-refractivity contribution in [2.45, 2.75) is 5.60 Å². The van der Waals surface area contributed by atoms with Crippen molar-refractivity contribution in [3.05, 3.63) is 115 Å². The van der Waals surface area contributed by atoms with Crippen LogP contribution in [-0.4, -0.2) is 5.97 Å². The minimum absolute atomic E-state index is 0.568. The molecule has 0 aliphatic rings. The van der Waals surface area contributed by atoms with Crippen molar-refractivity contribution in [3.8, 4) is 0 Å². The van der Waals surface area contributed by atoms with E-state index < -0.39 is 11.6 Å². The molecule has 0 amide bonds. The van der Waals surface area contributed by atoms with Gasteiger partial charge in [0.2, 0.25) is 0 Å². The first-order valence-corrected chi connectivity index (χ1v) is 7.45. The van der Waals surface area contributed by atoms with E-state index in [0.717, 1.165) is 16.7 Å². The number of hydrogen-bond donors (Lipinski definition) is 0. The highest BCUT2D eigenvalue weighted by Gasteiger charge is 2.39. The van der Waals surface area contributed by atoms with Gasteiger partial charge < -0.3 is 4.74 Å². The third-order valence-electron chi connectivity index (χ3n) is 3.81. The highest BCUT2D eigenvalue weighted by atomic mass is 16.6. The summed E-state index contributed by atoms with van der Waals surface area (Å²) in [5.41, 5.74) is 1.64. The van der Waals surface area contributed by atoms with Gasteiger partial charge in [-0.25, -0.2) is 0 Å². The summed E-state index contributed by atoms with van der Waals surface area (Å²) in [7, 11) is 0. The molecule has 2 nitrogen and oxygen atoms in total. The number of carbonyl (C=O) groups excluding carboxylic acids is 1. The van der Waals surface area contributed by atoms with E-state index in [4.69, 9.17) is 4.74 Å². The van der Waals surface area contributed by atoms with E-state index in [-0.39, 0.29) is 0 Å². The molecule has 1 radical (unpaired) electrons. The molecule has 0 saturated heterocycles. The smallest absolute Gasteiger partial charge is 0.307 e. The summed E-state index contributed by atoms with van der Waals surface area (Å²) in [6, 6.07) is 29.2. The summed E-state index contributed by atoms with van der Waals surface area (Å²) in [5, 5.41) is 0. The largest absolute Gasteiger partial charge is 0.444 e. The maximum atomic E-state index is 11.8. The Bertz CT molecular complexity index is 668. The Morgan fingerprint density at radius 3 is 1.22 bits per heavy atom. The minimum Gasteiger partial charge on any atom is -0.444 e. The first-order valence-electron chi connectivity index (χ1n) is 7.45. The summed E-state index contributed by atoms with van der Waals surface area (Å²) >= 11 is 0. The van der Waals surface area contributed by atoms with Crippen LogP contribution < -0.4 is 0 Å². The molecule has 113 valence electrons. The van der Waals surface area contributed by atoms with Crippen LogP contribution in [0.25, 0.3) is 0 Å². The van der Waals surface area contributed by atoms with Gasteiger partial charge in [0.15, 0.2) is 5.60 Å². The summed E-state index contributed by atoms with van der Waals surface area (Å²) in [4.78, 5) is 11.8. The molecule has 0 bridgehead atoms. The zero-order chi connectivity index (χ0) is 16.1. The van der Waals surface area contributed by atoms with E-state index in [9.17, 15) is 4.79 Å². The van der Waals surface area contributed by atoms with Crippen LogP contribution in [-0.2, 0) is 15.1 Å². The highest BCUT2D eigenvalue weighted by molar-refractivity contribution is 5.75. The lowest BCUT2D eigenvalue weighted by Gasteiger charge is -2.34. The number of benzene rings is 3. The van der Waals surface area contributed by atoms with Crippen LogP contribution in [0, 0.1) is 6.92 Å². The van der Waals surface area contributed by atoms with Crippen LogP contribution in [0.2, 0.25) is 0 Å². The van der Waals surface area contributed by atoms with E-state index >= 15 is 0 Å². The molecule has 0 fully saturated rings. The van der Waals surface area contributed by atoms with Crippen molar-refractivity contribution in [2.24, 2.45) is 0 Å². The van der Waals surface area contributed by atoms with Crippen LogP contribution in [0.4, 0.5) is 0 Å². The quantitative estimate of drug-likeness (QED) is 0.529. The molecule has 0 unspecified atom stereocenters. The normalized spacial score (nSPS) is 11.0.